The van der Waals surface area contributed by atoms with Crippen LogP contribution in [0.25, 0.3) is 0 Å². The van der Waals surface area contributed by atoms with E-state index in [9.17, 15) is 0 Å². The smallest absolute Gasteiger partial charge is 0.391 e. The average molecular weight is 113 g/mol. The van der Waals surface area contributed by atoms with Crippen LogP contribution in [0.5, 0.6) is 0 Å². The largest absolute Gasteiger partial charge is 1.00 e. The van der Waals surface area contributed by atoms with Crippen molar-refractivity contribution in [2.24, 2.45) is 0 Å². The quantitative estimate of drug-likeness (QED) is 0.345. The number of hydrogen-bond donors (Lipinski definition) is 2. The molecule has 7 heavy (non-hydrogen) atoms. The molecule has 0 unspecified atom stereocenters. The molecular formula is C4H12NNaO+2. The Labute approximate surface area is 66.8 Å². The normalized spacial score (nSPS) is 8.57. The maximum atomic E-state index is 8.22. The minimum Gasteiger partial charge on any atom is -0.391 e. The standard InChI is InChI=1S/C4H11NO.Na/c1-5(2)3-4-6;/h6H,3-4H2,1-2H3;/q;+1/p+1. The van der Waals surface area contributed by atoms with Gasteiger partial charge in [-0.3, -0.25) is 0 Å². The van der Waals surface area contributed by atoms with Gasteiger partial charge in [0.05, 0.1) is 20.7 Å². The predicted octanol–water partition coefficient (Wildman–Crippen LogP) is -4.87. The van der Waals surface area contributed by atoms with Crippen molar-refractivity contribution >= 4 is 0 Å². The molecule has 0 aromatic rings. The Morgan fingerprint density at radius 3 is 1.86 bits per heavy atom. The SMILES string of the molecule is C[NH+](C)CCO.[Na+]. The summed E-state index contributed by atoms with van der Waals surface area (Å²) in [6.07, 6.45) is 0. The van der Waals surface area contributed by atoms with E-state index in [-0.39, 0.29) is 29.6 Å². The molecule has 0 amide bonds. The molecule has 0 saturated heterocycles. The topological polar surface area (TPSA) is 24.7 Å². The molecule has 0 heterocycles. The first-order chi connectivity index (χ1) is 2.77. The van der Waals surface area contributed by atoms with Crippen molar-refractivity contribution < 1.29 is 39.6 Å². The van der Waals surface area contributed by atoms with E-state index >= 15 is 0 Å². The second-order valence-electron chi connectivity index (χ2n) is 1.68. The van der Waals surface area contributed by atoms with Crippen molar-refractivity contribution in [1.82, 2.24) is 0 Å². The summed E-state index contributed by atoms with van der Waals surface area (Å²) < 4.78 is 0. The van der Waals surface area contributed by atoms with Gasteiger partial charge in [-0.05, 0) is 0 Å². The number of hydrogen-bond acceptors (Lipinski definition) is 1. The van der Waals surface area contributed by atoms with Gasteiger partial charge in [0, 0.05) is 0 Å². The van der Waals surface area contributed by atoms with E-state index in [0.717, 1.165) is 6.54 Å². The first-order valence-electron chi connectivity index (χ1n) is 2.17. The first kappa shape index (κ1) is 10.8. The van der Waals surface area contributed by atoms with Crippen LogP contribution < -0.4 is 34.5 Å². The van der Waals surface area contributed by atoms with Crippen LogP contribution in [0, 0.1) is 0 Å². The fraction of sp³-hybridized carbons (Fsp3) is 1.00. The molecule has 0 bridgehead atoms. The van der Waals surface area contributed by atoms with Crippen molar-refractivity contribution in [3.8, 4) is 0 Å². The van der Waals surface area contributed by atoms with Gasteiger partial charge in [-0.1, -0.05) is 0 Å². The zero-order valence-corrected chi connectivity index (χ0v) is 7.36. The number of quaternary nitrogens is 1. The Bertz CT molecular complexity index is 32.9. The van der Waals surface area contributed by atoms with Crippen molar-refractivity contribution in [1.29, 1.82) is 0 Å². The van der Waals surface area contributed by atoms with Crippen LogP contribution in [0.15, 0.2) is 0 Å². The second kappa shape index (κ2) is 6.92. The summed E-state index contributed by atoms with van der Waals surface area (Å²) in [5.74, 6) is 0. The van der Waals surface area contributed by atoms with Crippen LogP contribution in [0.2, 0.25) is 0 Å². The van der Waals surface area contributed by atoms with E-state index < -0.39 is 0 Å². The predicted molar refractivity (Wildman–Crippen MR) is 24.8 cm³/mol. The Balaban J connectivity index is 0. The fourth-order valence-electron chi connectivity index (χ4n) is 0.224. The summed E-state index contributed by atoms with van der Waals surface area (Å²) in [5.41, 5.74) is 0. The van der Waals surface area contributed by atoms with Gasteiger partial charge in [-0.25, -0.2) is 0 Å². The molecule has 2 nitrogen and oxygen atoms in total. The molecule has 38 valence electrons. The third kappa shape index (κ3) is 10.9. The van der Waals surface area contributed by atoms with E-state index in [4.69, 9.17) is 5.11 Å². The van der Waals surface area contributed by atoms with Crippen molar-refractivity contribution in [2.75, 3.05) is 27.2 Å². The number of aliphatic hydroxyl groups excluding tert-OH is 1. The fourth-order valence-corrected chi connectivity index (χ4v) is 0.224. The Morgan fingerprint density at radius 1 is 1.43 bits per heavy atom. The summed E-state index contributed by atoms with van der Waals surface area (Å²) in [5, 5.41) is 8.22. The zero-order valence-electron chi connectivity index (χ0n) is 5.36. The van der Waals surface area contributed by atoms with Crippen molar-refractivity contribution in [2.45, 2.75) is 0 Å². The molecule has 0 aliphatic carbocycles. The molecule has 0 radical (unpaired) electrons. The third-order valence-electron chi connectivity index (χ3n) is 0.612. The Morgan fingerprint density at radius 2 is 1.86 bits per heavy atom. The Hall–Kier alpha value is 0.920. The van der Waals surface area contributed by atoms with E-state index in [1.807, 2.05) is 14.1 Å². The first-order valence-corrected chi connectivity index (χ1v) is 2.17. The molecule has 0 fully saturated rings. The molecule has 0 aromatic heterocycles. The van der Waals surface area contributed by atoms with E-state index in [1.54, 1.807) is 0 Å². The van der Waals surface area contributed by atoms with Crippen LogP contribution in [-0.2, 0) is 0 Å². The van der Waals surface area contributed by atoms with E-state index in [1.165, 1.54) is 4.90 Å². The van der Waals surface area contributed by atoms with Gasteiger partial charge >= 0.3 is 29.6 Å². The van der Waals surface area contributed by atoms with Crippen LogP contribution in [0.1, 0.15) is 0 Å². The van der Waals surface area contributed by atoms with Gasteiger partial charge in [0.2, 0.25) is 0 Å². The van der Waals surface area contributed by atoms with Gasteiger partial charge < -0.3 is 10.0 Å². The molecule has 0 saturated carbocycles. The van der Waals surface area contributed by atoms with Gasteiger partial charge in [0.15, 0.2) is 0 Å². The van der Waals surface area contributed by atoms with Gasteiger partial charge in [0.1, 0.15) is 6.54 Å². The van der Waals surface area contributed by atoms with E-state index in [0.29, 0.717) is 6.61 Å². The van der Waals surface area contributed by atoms with Crippen LogP contribution in [0.4, 0.5) is 0 Å². The summed E-state index contributed by atoms with van der Waals surface area (Å²) in [6, 6.07) is 0. The minimum atomic E-state index is 0. The average Bonchev–Trinajstić information content (AvgIpc) is 1.35. The Kier molecular flexibility index (Phi) is 10.7. The van der Waals surface area contributed by atoms with Gasteiger partial charge in [-0.2, -0.15) is 0 Å². The van der Waals surface area contributed by atoms with E-state index in [2.05, 4.69) is 0 Å². The zero-order chi connectivity index (χ0) is 4.99. The summed E-state index contributed by atoms with van der Waals surface area (Å²) in [6.45, 7) is 1.14. The molecule has 0 atom stereocenters. The second-order valence-corrected chi connectivity index (χ2v) is 1.68. The van der Waals surface area contributed by atoms with Crippen LogP contribution in [0.3, 0.4) is 0 Å². The number of aliphatic hydroxyl groups is 1. The molecule has 0 aliphatic heterocycles. The summed E-state index contributed by atoms with van der Waals surface area (Å²) >= 11 is 0. The molecule has 0 aromatic carbocycles. The molecule has 0 aliphatic rings. The van der Waals surface area contributed by atoms with Gasteiger partial charge in [0.25, 0.3) is 0 Å². The third-order valence-corrected chi connectivity index (χ3v) is 0.612. The molecular weight excluding hydrogens is 101 g/mol. The molecule has 0 spiro atoms. The van der Waals surface area contributed by atoms with Crippen LogP contribution in [-0.4, -0.2) is 32.4 Å². The summed E-state index contributed by atoms with van der Waals surface area (Å²) in [7, 11) is 4.02. The molecule has 0 rings (SSSR count). The maximum Gasteiger partial charge on any atom is 1.00 e. The van der Waals surface area contributed by atoms with Crippen LogP contribution >= 0.6 is 0 Å². The number of likely N-dealkylation sites (N-methyl/N-ethyl adjacent to an activating group) is 1. The molecule has 3 heteroatoms. The monoisotopic (exact) mass is 113 g/mol. The molecule has 2 N–H and O–H groups in total. The maximum absolute atomic E-state index is 8.22. The number of nitrogens with one attached hydrogen (secondary N) is 1. The van der Waals surface area contributed by atoms with Crippen molar-refractivity contribution in [3.63, 3.8) is 0 Å². The number of rotatable bonds is 2. The minimum absolute atomic E-state index is 0. The van der Waals surface area contributed by atoms with Gasteiger partial charge in [-0.15, -0.1) is 0 Å². The van der Waals surface area contributed by atoms with Crippen molar-refractivity contribution in [3.05, 3.63) is 0 Å². The summed E-state index contributed by atoms with van der Waals surface area (Å²) in [4.78, 5) is 1.29.